The standard InChI is InChI=1S/C17H24FNO/c1-13-12-14(10-11-16(13)18)17(20)19(2)15-8-6-4-3-5-7-9-15/h10-12,15H,3-9H2,1-2H3. The Kier molecular flexibility index (Phi) is 5.16. The third kappa shape index (κ3) is 3.59. The predicted molar refractivity (Wildman–Crippen MR) is 79.3 cm³/mol. The zero-order valence-corrected chi connectivity index (χ0v) is 12.5. The van der Waals surface area contributed by atoms with Crippen LogP contribution < -0.4 is 0 Å². The van der Waals surface area contributed by atoms with Crippen LogP contribution in [-0.2, 0) is 0 Å². The maximum absolute atomic E-state index is 13.3. The lowest BCUT2D eigenvalue weighted by atomic mass is 9.95. The second-order valence-corrected chi connectivity index (χ2v) is 5.88. The molecule has 0 saturated heterocycles. The Labute approximate surface area is 121 Å². The van der Waals surface area contributed by atoms with Gasteiger partial charge in [0, 0.05) is 18.7 Å². The normalized spacial score (nSPS) is 17.4. The highest BCUT2D eigenvalue weighted by Crippen LogP contribution is 2.22. The second kappa shape index (κ2) is 6.87. The lowest BCUT2D eigenvalue weighted by molar-refractivity contribution is 0.0706. The van der Waals surface area contributed by atoms with Gasteiger partial charge in [0.05, 0.1) is 0 Å². The second-order valence-electron chi connectivity index (χ2n) is 5.88. The molecule has 1 amide bonds. The Bertz CT molecular complexity index is 464. The van der Waals surface area contributed by atoms with E-state index >= 15 is 0 Å². The minimum Gasteiger partial charge on any atom is -0.339 e. The van der Waals surface area contributed by atoms with Crippen molar-refractivity contribution >= 4 is 5.91 Å². The van der Waals surface area contributed by atoms with E-state index in [9.17, 15) is 9.18 Å². The van der Waals surface area contributed by atoms with E-state index in [-0.39, 0.29) is 11.7 Å². The Morgan fingerprint density at radius 2 is 1.75 bits per heavy atom. The first-order valence-corrected chi connectivity index (χ1v) is 7.63. The highest BCUT2D eigenvalue weighted by atomic mass is 19.1. The number of nitrogens with zero attached hydrogens (tertiary/aromatic N) is 1. The summed E-state index contributed by atoms with van der Waals surface area (Å²) in [5.41, 5.74) is 1.12. The highest BCUT2D eigenvalue weighted by molar-refractivity contribution is 5.94. The van der Waals surface area contributed by atoms with Gasteiger partial charge in [-0.3, -0.25) is 4.79 Å². The van der Waals surface area contributed by atoms with E-state index in [4.69, 9.17) is 0 Å². The van der Waals surface area contributed by atoms with Crippen molar-refractivity contribution in [2.24, 2.45) is 0 Å². The maximum Gasteiger partial charge on any atom is 0.253 e. The van der Waals surface area contributed by atoms with Crippen molar-refractivity contribution in [2.75, 3.05) is 7.05 Å². The van der Waals surface area contributed by atoms with Gasteiger partial charge >= 0.3 is 0 Å². The number of aryl methyl sites for hydroxylation is 1. The van der Waals surface area contributed by atoms with Crippen molar-refractivity contribution in [1.29, 1.82) is 0 Å². The molecule has 0 radical (unpaired) electrons. The van der Waals surface area contributed by atoms with Crippen LogP contribution in [0.5, 0.6) is 0 Å². The third-order valence-corrected chi connectivity index (χ3v) is 4.35. The molecule has 0 aromatic heterocycles. The lowest BCUT2D eigenvalue weighted by Crippen LogP contribution is -2.37. The van der Waals surface area contributed by atoms with E-state index < -0.39 is 0 Å². The van der Waals surface area contributed by atoms with Gasteiger partial charge in [-0.05, 0) is 43.5 Å². The molecule has 1 aromatic carbocycles. The Balaban J connectivity index is 2.07. The number of benzene rings is 1. The van der Waals surface area contributed by atoms with Crippen LogP contribution in [0.25, 0.3) is 0 Å². The van der Waals surface area contributed by atoms with E-state index in [2.05, 4.69) is 0 Å². The molecule has 0 aliphatic heterocycles. The van der Waals surface area contributed by atoms with Gasteiger partial charge < -0.3 is 4.90 Å². The van der Waals surface area contributed by atoms with E-state index in [0.717, 1.165) is 12.8 Å². The molecule has 1 fully saturated rings. The number of halogens is 1. The van der Waals surface area contributed by atoms with Crippen molar-refractivity contribution in [1.82, 2.24) is 4.90 Å². The summed E-state index contributed by atoms with van der Waals surface area (Å²) in [6.07, 6.45) is 8.43. The van der Waals surface area contributed by atoms with Crippen LogP contribution in [0.4, 0.5) is 4.39 Å². The predicted octanol–water partition coefficient (Wildman–Crippen LogP) is 4.32. The number of hydrogen-bond acceptors (Lipinski definition) is 1. The molecule has 0 spiro atoms. The summed E-state index contributed by atoms with van der Waals surface area (Å²) in [6.45, 7) is 1.70. The molecule has 3 heteroatoms. The summed E-state index contributed by atoms with van der Waals surface area (Å²) in [6, 6.07) is 4.95. The van der Waals surface area contributed by atoms with E-state index in [0.29, 0.717) is 17.2 Å². The van der Waals surface area contributed by atoms with Crippen molar-refractivity contribution in [2.45, 2.75) is 57.9 Å². The molecular formula is C17H24FNO. The molecule has 110 valence electrons. The van der Waals surface area contributed by atoms with Crippen molar-refractivity contribution in [3.8, 4) is 0 Å². The molecule has 1 saturated carbocycles. The molecule has 1 aliphatic rings. The molecule has 2 nitrogen and oxygen atoms in total. The van der Waals surface area contributed by atoms with Gasteiger partial charge in [-0.15, -0.1) is 0 Å². The lowest BCUT2D eigenvalue weighted by Gasteiger charge is -2.30. The van der Waals surface area contributed by atoms with Crippen molar-refractivity contribution < 1.29 is 9.18 Å². The van der Waals surface area contributed by atoms with Gasteiger partial charge in [-0.2, -0.15) is 0 Å². The third-order valence-electron chi connectivity index (χ3n) is 4.35. The number of rotatable bonds is 2. The molecular weight excluding hydrogens is 253 g/mol. The summed E-state index contributed by atoms with van der Waals surface area (Å²) in [5.74, 6) is -0.242. The molecule has 0 bridgehead atoms. The number of carbonyl (C=O) groups is 1. The highest BCUT2D eigenvalue weighted by Gasteiger charge is 2.21. The molecule has 20 heavy (non-hydrogen) atoms. The Hall–Kier alpha value is -1.38. The SMILES string of the molecule is Cc1cc(C(=O)N(C)C2CCCCCCC2)ccc1F. The Morgan fingerprint density at radius 3 is 2.35 bits per heavy atom. The van der Waals surface area contributed by atoms with Crippen LogP contribution >= 0.6 is 0 Å². The van der Waals surface area contributed by atoms with Crippen LogP contribution in [0, 0.1) is 12.7 Å². The maximum atomic E-state index is 13.3. The summed E-state index contributed by atoms with van der Waals surface area (Å²) in [7, 11) is 1.88. The minimum absolute atomic E-state index is 0.0127. The average molecular weight is 277 g/mol. The molecule has 1 aliphatic carbocycles. The fraction of sp³-hybridized carbons (Fsp3) is 0.588. The van der Waals surface area contributed by atoms with Crippen molar-refractivity contribution in [3.63, 3.8) is 0 Å². The van der Waals surface area contributed by atoms with Crippen LogP contribution in [0.1, 0.15) is 60.9 Å². The quantitative estimate of drug-likeness (QED) is 0.788. The molecule has 1 aromatic rings. The zero-order valence-electron chi connectivity index (χ0n) is 12.5. The summed E-state index contributed by atoms with van der Waals surface area (Å²) >= 11 is 0. The topological polar surface area (TPSA) is 20.3 Å². The average Bonchev–Trinajstić information content (AvgIpc) is 2.40. The molecule has 2 rings (SSSR count). The van der Waals surface area contributed by atoms with Gasteiger partial charge in [0.25, 0.3) is 5.91 Å². The first-order valence-electron chi connectivity index (χ1n) is 7.63. The minimum atomic E-state index is -0.254. The van der Waals surface area contributed by atoms with Gasteiger partial charge in [0.15, 0.2) is 0 Å². The van der Waals surface area contributed by atoms with Gasteiger partial charge in [-0.25, -0.2) is 4.39 Å². The summed E-state index contributed by atoms with van der Waals surface area (Å²) in [4.78, 5) is 14.4. The number of hydrogen-bond donors (Lipinski definition) is 0. The zero-order chi connectivity index (χ0) is 14.5. The van der Waals surface area contributed by atoms with Gasteiger partial charge in [0.2, 0.25) is 0 Å². The fourth-order valence-corrected chi connectivity index (χ4v) is 2.97. The first-order chi connectivity index (χ1) is 9.59. The Morgan fingerprint density at radius 1 is 1.15 bits per heavy atom. The molecule has 0 atom stereocenters. The van der Waals surface area contributed by atoms with E-state index in [1.807, 2.05) is 11.9 Å². The smallest absolute Gasteiger partial charge is 0.253 e. The molecule has 0 unspecified atom stereocenters. The van der Waals surface area contributed by atoms with Crippen molar-refractivity contribution in [3.05, 3.63) is 35.1 Å². The molecule has 0 heterocycles. The summed E-state index contributed by atoms with van der Waals surface area (Å²) in [5, 5.41) is 0. The summed E-state index contributed by atoms with van der Waals surface area (Å²) < 4.78 is 13.3. The van der Waals surface area contributed by atoms with Crippen LogP contribution in [0.2, 0.25) is 0 Å². The number of amides is 1. The van der Waals surface area contributed by atoms with Gasteiger partial charge in [0.1, 0.15) is 5.82 Å². The van der Waals surface area contributed by atoms with Crippen LogP contribution in [0.3, 0.4) is 0 Å². The fourth-order valence-electron chi connectivity index (χ4n) is 2.97. The number of carbonyl (C=O) groups excluding carboxylic acids is 1. The van der Waals surface area contributed by atoms with Crippen LogP contribution in [-0.4, -0.2) is 23.9 Å². The van der Waals surface area contributed by atoms with Gasteiger partial charge in [-0.1, -0.05) is 32.1 Å². The molecule has 0 N–H and O–H groups in total. The van der Waals surface area contributed by atoms with E-state index in [1.165, 1.54) is 38.2 Å². The van der Waals surface area contributed by atoms with E-state index in [1.54, 1.807) is 19.1 Å². The monoisotopic (exact) mass is 277 g/mol. The van der Waals surface area contributed by atoms with Crippen LogP contribution in [0.15, 0.2) is 18.2 Å². The largest absolute Gasteiger partial charge is 0.339 e. The first kappa shape index (κ1) is 15.0.